The Morgan fingerprint density at radius 2 is 1.97 bits per heavy atom. The molecule has 166 valence electrons. The monoisotopic (exact) mass is 432 g/mol. The van der Waals surface area contributed by atoms with Crippen molar-refractivity contribution in [2.75, 3.05) is 32.6 Å². The molecule has 1 aromatic carbocycles. The third-order valence-corrected chi connectivity index (χ3v) is 5.75. The summed E-state index contributed by atoms with van der Waals surface area (Å²) in [5.74, 6) is 1.97. The zero-order valence-electron chi connectivity index (χ0n) is 19.2. The molecular weight excluding hydrogens is 404 g/mol. The fourth-order valence-electron chi connectivity index (χ4n) is 4.11. The van der Waals surface area contributed by atoms with Gasteiger partial charge in [-0.3, -0.25) is 4.79 Å². The molecule has 2 aromatic heterocycles. The first-order chi connectivity index (χ1) is 15.4. The number of aryl methyl sites for hydroxylation is 2. The molecule has 1 atom stereocenters. The van der Waals surface area contributed by atoms with Crippen LogP contribution in [0.3, 0.4) is 0 Å². The minimum absolute atomic E-state index is 0.0633. The van der Waals surface area contributed by atoms with E-state index in [1.807, 2.05) is 68.2 Å². The van der Waals surface area contributed by atoms with Crippen molar-refractivity contribution in [1.82, 2.24) is 24.8 Å². The second-order valence-electron chi connectivity index (χ2n) is 8.17. The largest absolute Gasteiger partial charge is 0.497 e. The van der Waals surface area contributed by atoms with Crippen molar-refractivity contribution < 1.29 is 9.53 Å². The summed E-state index contributed by atoms with van der Waals surface area (Å²) in [5.41, 5.74) is 3.92. The van der Waals surface area contributed by atoms with Crippen molar-refractivity contribution in [3.05, 3.63) is 59.4 Å². The minimum Gasteiger partial charge on any atom is -0.497 e. The van der Waals surface area contributed by atoms with Gasteiger partial charge in [0.05, 0.1) is 30.1 Å². The van der Waals surface area contributed by atoms with Crippen LogP contribution in [-0.2, 0) is 0 Å². The van der Waals surface area contributed by atoms with Gasteiger partial charge in [-0.05, 0) is 44.4 Å². The van der Waals surface area contributed by atoms with Crippen LogP contribution < -0.4 is 9.64 Å². The highest BCUT2D eigenvalue weighted by molar-refractivity contribution is 5.95. The number of ether oxygens (including phenoxy) is 1. The number of hydrogen-bond donors (Lipinski definition) is 0. The number of carbonyl (C=O) groups excluding carboxylic acids is 1. The zero-order chi connectivity index (χ0) is 22.8. The van der Waals surface area contributed by atoms with Crippen LogP contribution in [0.4, 0.5) is 5.95 Å². The lowest BCUT2D eigenvalue weighted by molar-refractivity contribution is 0.0731. The summed E-state index contributed by atoms with van der Waals surface area (Å²) in [5, 5.41) is 0. The number of aromatic nitrogens is 4. The van der Waals surface area contributed by atoms with E-state index in [1.165, 1.54) is 0 Å². The number of nitrogens with zero attached hydrogens (tertiary/aromatic N) is 6. The van der Waals surface area contributed by atoms with Crippen LogP contribution in [0.2, 0.25) is 0 Å². The number of likely N-dealkylation sites (tertiary alicyclic amines) is 1. The number of anilines is 1. The highest BCUT2D eigenvalue weighted by Crippen LogP contribution is 2.38. The Morgan fingerprint density at radius 3 is 2.69 bits per heavy atom. The van der Waals surface area contributed by atoms with Crippen molar-refractivity contribution in [2.24, 2.45) is 0 Å². The maximum Gasteiger partial charge on any atom is 0.257 e. The van der Waals surface area contributed by atoms with E-state index in [9.17, 15) is 4.79 Å². The number of rotatable bonds is 5. The van der Waals surface area contributed by atoms with Crippen LogP contribution in [-0.4, -0.2) is 58.5 Å². The molecule has 8 heteroatoms. The van der Waals surface area contributed by atoms with E-state index in [1.54, 1.807) is 13.3 Å². The quantitative estimate of drug-likeness (QED) is 0.609. The molecule has 3 heterocycles. The van der Waals surface area contributed by atoms with Crippen LogP contribution >= 0.6 is 0 Å². The molecular formula is C24H28N6O2. The van der Waals surface area contributed by atoms with E-state index < -0.39 is 0 Å². The summed E-state index contributed by atoms with van der Waals surface area (Å²) >= 11 is 0. The summed E-state index contributed by atoms with van der Waals surface area (Å²) in [4.78, 5) is 35.3. The van der Waals surface area contributed by atoms with Crippen LogP contribution in [0, 0.1) is 13.8 Å². The fourth-order valence-corrected chi connectivity index (χ4v) is 4.11. The van der Waals surface area contributed by atoms with E-state index in [-0.39, 0.29) is 11.9 Å². The lowest BCUT2D eigenvalue weighted by atomic mass is 9.99. The topological polar surface area (TPSA) is 84.3 Å². The molecule has 1 saturated heterocycles. The summed E-state index contributed by atoms with van der Waals surface area (Å²) < 4.78 is 5.42. The fraction of sp³-hybridized carbons (Fsp3) is 0.375. The Labute approximate surface area is 188 Å². The number of methoxy groups -OCH3 is 1. The highest BCUT2D eigenvalue weighted by atomic mass is 16.5. The van der Waals surface area contributed by atoms with Gasteiger partial charge >= 0.3 is 0 Å². The molecule has 32 heavy (non-hydrogen) atoms. The van der Waals surface area contributed by atoms with E-state index >= 15 is 0 Å². The number of hydrogen-bond acceptors (Lipinski definition) is 7. The van der Waals surface area contributed by atoms with Gasteiger partial charge in [0.1, 0.15) is 11.6 Å². The van der Waals surface area contributed by atoms with Gasteiger partial charge in [0, 0.05) is 38.6 Å². The first-order valence-corrected chi connectivity index (χ1v) is 10.7. The van der Waals surface area contributed by atoms with E-state index in [2.05, 4.69) is 15.0 Å². The molecule has 0 radical (unpaired) electrons. The van der Waals surface area contributed by atoms with Gasteiger partial charge in [-0.2, -0.15) is 0 Å². The molecule has 0 saturated carbocycles. The predicted molar refractivity (Wildman–Crippen MR) is 123 cm³/mol. The molecule has 0 N–H and O–H groups in total. The number of carbonyl (C=O) groups is 1. The average molecular weight is 433 g/mol. The molecule has 0 spiro atoms. The standard InChI is InChI=1S/C24H28N6O2/c1-15-19(13-25-16(2)27-15)23(31)30-11-7-10-21(30)22-20(14-26-24(28-22)29(3)4)17-8-6-9-18(12-17)32-5/h6,8-9,12-14,21H,7,10-11H2,1-5H3. The maximum atomic E-state index is 13.5. The summed E-state index contributed by atoms with van der Waals surface area (Å²) in [6.45, 7) is 4.34. The first kappa shape index (κ1) is 21.7. The third kappa shape index (κ3) is 4.12. The Bertz CT molecular complexity index is 1150. The Balaban J connectivity index is 1.79. The van der Waals surface area contributed by atoms with Crippen LogP contribution in [0.1, 0.15) is 46.5 Å². The SMILES string of the molecule is COc1cccc(-c2cnc(N(C)C)nc2C2CCCN2C(=O)c2cnc(C)nc2C)c1. The maximum absolute atomic E-state index is 13.5. The third-order valence-electron chi connectivity index (χ3n) is 5.75. The molecule has 3 aromatic rings. The van der Waals surface area contributed by atoms with E-state index in [0.717, 1.165) is 35.4 Å². The molecule has 8 nitrogen and oxygen atoms in total. The molecule has 0 bridgehead atoms. The van der Waals surface area contributed by atoms with E-state index in [4.69, 9.17) is 9.72 Å². The molecule has 1 aliphatic rings. The van der Waals surface area contributed by atoms with Crippen molar-refractivity contribution in [3.63, 3.8) is 0 Å². The molecule has 1 amide bonds. The molecule has 0 aliphatic carbocycles. The Kier molecular flexibility index (Phi) is 6.03. The van der Waals surface area contributed by atoms with Gasteiger partial charge in [-0.15, -0.1) is 0 Å². The summed E-state index contributed by atoms with van der Waals surface area (Å²) in [6.07, 6.45) is 5.20. The van der Waals surface area contributed by atoms with Crippen LogP contribution in [0.5, 0.6) is 5.75 Å². The van der Waals surface area contributed by atoms with Gasteiger partial charge in [0.25, 0.3) is 5.91 Å². The second-order valence-corrected chi connectivity index (χ2v) is 8.17. The van der Waals surface area contributed by atoms with Gasteiger partial charge in [0.15, 0.2) is 0 Å². The Hall–Kier alpha value is -3.55. The molecule has 1 aliphatic heterocycles. The predicted octanol–water partition coefficient (Wildman–Crippen LogP) is 3.60. The van der Waals surface area contributed by atoms with Crippen LogP contribution in [0.25, 0.3) is 11.1 Å². The lowest BCUT2D eigenvalue weighted by Crippen LogP contribution is -2.32. The zero-order valence-corrected chi connectivity index (χ0v) is 19.2. The average Bonchev–Trinajstić information content (AvgIpc) is 3.28. The molecule has 1 unspecified atom stereocenters. The van der Waals surface area contributed by atoms with Gasteiger partial charge in [-0.1, -0.05) is 12.1 Å². The van der Waals surface area contributed by atoms with Crippen LogP contribution in [0.15, 0.2) is 36.7 Å². The van der Waals surface area contributed by atoms with Gasteiger partial charge in [0.2, 0.25) is 5.95 Å². The van der Waals surface area contributed by atoms with Crippen molar-refractivity contribution in [3.8, 4) is 16.9 Å². The second kappa shape index (κ2) is 8.90. The normalized spacial score (nSPS) is 15.7. The first-order valence-electron chi connectivity index (χ1n) is 10.7. The number of amides is 1. The van der Waals surface area contributed by atoms with Gasteiger partial charge in [-0.25, -0.2) is 19.9 Å². The van der Waals surface area contributed by atoms with Crippen molar-refractivity contribution in [1.29, 1.82) is 0 Å². The lowest BCUT2D eigenvalue weighted by Gasteiger charge is -2.27. The van der Waals surface area contributed by atoms with E-state index in [0.29, 0.717) is 29.6 Å². The number of benzene rings is 1. The summed E-state index contributed by atoms with van der Waals surface area (Å²) in [6, 6.07) is 7.67. The molecule has 4 rings (SSSR count). The van der Waals surface area contributed by atoms with Crippen molar-refractivity contribution in [2.45, 2.75) is 32.7 Å². The minimum atomic E-state index is -0.161. The Morgan fingerprint density at radius 1 is 1.16 bits per heavy atom. The molecule has 1 fully saturated rings. The smallest absolute Gasteiger partial charge is 0.257 e. The van der Waals surface area contributed by atoms with Gasteiger partial charge < -0.3 is 14.5 Å². The summed E-state index contributed by atoms with van der Waals surface area (Å²) in [7, 11) is 5.47. The van der Waals surface area contributed by atoms with Crippen molar-refractivity contribution >= 4 is 11.9 Å². The highest BCUT2D eigenvalue weighted by Gasteiger charge is 2.34.